The molecule has 0 saturated carbocycles. The number of phenols is 1. The van der Waals surface area contributed by atoms with Crippen molar-refractivity contribution in [2.45, 2.75) is 12.5 Å². The maximum absolute atomic E-state index is 12.5. The van der Waals surface area contributed by atoms with E-state index >= 15 is 0 Å². The molecule has 41 heavy (non-hydrogen) atoms. The Morgan fingerprint density at radius 3 is 2.39 bits per heavy atom. The summed E-state index contributed by atoms with van der Waals surface area (Å²) in [5.74, 6) is -2.41. The van der Waals surface area contributed by atoms with Crippen LogP contribution in [0.1, 0.15) is 15.9 Å². The van der Waals surface area contributed by atoms with E-state index in [1.807, 2.05) is 0 Å². The molecule has 3 aromatic carbocycles. The Kier molecular flexibility index (Phi) is 7.25. The molecule has 0 saturated heterocycles. The number of azo groups is 1. The van der Waals surface area contributed by atoms with Gasteiger partial charge in [0.15, 0.2) is 5.43 Å². The van der Waals surface area contributed by atoms with Gasteiger partial charge in [-0.2, -0.15) is 0 Å². The number of carboxylic acids is 2. The quantitative estimate of drug-likeness (QED) is 0.152. The molecule has 0 unspecified atom stereocenters. The Balaban J connectivity index is 1.54. The van der Waals surface area contributed by atoms with E-state index in [1.165, 1.54) is 48.5 Å². The van der Waals surface area contributed by atoms with Gasteiger partial charge >= 0.3 is 18.0 Å². The van der Waals surface area contributed by atoms with E-state index < -0.39 is 24.0 Å². The number of benzene rings is 4. The number of aromatic carboxylic acids is 1. The average Bonchev–Trinajstić information content (AvgIpc) is 2.94. The van der Waals surface area contributed by atoms with E-state index in [-0.39, 0.29) is 45.8 Å². The largest absolute Gasteiger partial charge is 0.508 e. The zero-order chi connectivity index (χ0) is 29.1. The number of fused-ring (bicyclic) bond motifs is 2. The van der Waals surface area contributed by atoms with Crippen molar-refractivity contribution in [1.29, 1.82) is 0 Å². The molecule has 1 aliphatic carbocycles. The second kappa shape index (κ2) is 11.1. The monoisotopic (exact) mass is 551 g/mol. The van der Waals surface area contributed by atoms with Crippen LogP contribution in [0.3, 0.4) is 0 Å². The second-order valence-electron chi connectivity index (χ2n) is 9.08. The highest BCUT2D eigenvalue weighted by atomic mass is 16.4. The lowest BCUT2D eigenvalue weighted by Gasteiger charge is -2.17. The van der Waals surface area contributed by atoms with Gasteiger partial charge < -0.3 is 25.1 Å². The van der Waals surface area contributed by atoms with Gasteiger partial charge in [-0.1, -0.05) is 35.4 Å². The number of nitrogens with zero attached hydrogens (tertiary/aromatic N) is 2. The second-order valence-corrected chi connectivity index (χ2v) is 9.08. The lowest BCUT2D eigenvalue weighted by molar-refractivity contribution is -0.139. The number of aliphatic carboxylic acids is 1. The van der Waals surface area contributed by atoms with E-state index in [2.05, 4.69) is 15.5 Å². The third kappa shape index (κ3) is 5.78. The molecular weight excluding hydrogens is 530 g/mol. The number of carbonyl (C=O) groups is 3. The maximum Gasteiger partial charge on any atom is 0.360 e. The van der Waals surface area contributed by atoms with Crippen LogP contribution in [0.5, 0.6) is 5.75 Å². The van der Waals surface area contributed by atoms with Crippen LogP contribution in [0, 0.1) is 0 Å². The summed E-state index contributed by atoms with van der Waals surface area (Å²) in [5.41, 5.74) is 1.61. The van der Waals surface area contributed by atoms with Crippen molar-refractivity contribution in [3.05, 3.63) is 106 Å². The summed E-state index contributed by atoms with van der Waals surface area (Å²) in [4.78, 5) is 48.4. The predicted molar refractivity (Wildman–Crippen MR) is 148 cm³/mol. The lowest BCUT2D eigenvalue weighted by atomic mass is 9.90. The van der Waals surface area contributed by atoms with Gasteiger partial charge in [-0.15, -0.1) is 5.11 Å². The van der Waals surface area contributed by atoms with Gasteiger partial charge in [0.05, 0.1) is 11.3 Å². The zero-order valence-corrected chi connectivity index (χ0v) is 21.1. The first-order valence-electron chi connectivity index (χ1n) is 12.3. The molecule has 1 aliphatic heterocycles. The van der Waals surface area contributed by atoms with Crippen LogP contribution in [-0.2, 0) is 11.2 Å². The summed E-state index contributed by atoms with van der Waals surface area (Å²) in [6.07, 6.45) is 0.0364. The molecule has 0 bridgehead atoms. The molecule has 0 radical (unpaired) electrons. The number of urea groups is 1. The van der Waals surface area contributed by atoms with Crippen molar-refractivity contribution in [3.63, 3.8) is 0 Å². The average molecular weight is 552 g/mol. The fourth-order valence-electron chi connectivity index (χ4n) is 4.47. The molecule has 5 rings (SSSR count). The number of hydrogen-bond donors (Lipinski definition) is 4. The van der Waals surface area contributed by atoms with Crippen LogP contribution in [0.25, 0.3) is 33.4 Å². The third-order valence-corrected chi connectivity index (χ3v) is 6.31. The first-order valence-corrected chi connectivity index (χ1v) is 12.3. The number of rotatable bonds is 7. The highest BCUT2D eigenvalue weighted by Crippen LogP contribution is 2.42. The molecule has 2 amide bonds. The number of amides is 2. The zero-order valence-electron chi connectivity index (χ0n) is 21.1. The molecule has 1 heterocycles. The minimum atomic E-state index is -1.25. The fraction of sp³-hybridized carbons (Fsp3) is 0.0667. The summed E-state index contributed by atoms with van der Waals surface area (Å²) in [5, 5.41) is 39.7. The van der Waals surface area contributed by atoms with Gasteiger partial charge in [0.1, 0.15) is 23.1 Å². The minimum Gasteiger partial charge on any atom is -0.508 e. The van der Waals surface area contributed by atoms with Gasteiger partial charge in [-0.3, -0.25) is 4.79 Å². The Labute approximate surface area is 231 Å². The molecule has 11 heteroatoms. The van der Waals surface area contributed by atoms with E-state index in [1.54, 1.807) is 36.4 Å². The van der Waals surface area contributed by atoms with Crippen LogP contribution >= 0.6 is 0 Å². The molecule has 0 spiro atoms. The van der Waals surface area contributed by atoms with Gasteiger partial charge in [-0.05, 0) is 53.6 Å². The number of hydrogen-bond acceptors (Lipinski definition) is 7. The molecule has 4 N–H and O–H groups in total. The smallest absolute Gasteiger partial charge is 0.360 e. The van der Waals surface area contributed by atoms with E-state index in [4.69, 9.17) is 4.42 Å². The standard InChI is InChI=1S/C30H21N3O8/c34-18-7-10-21-25(14-18)41-26-15-19(35)8-11-22(26)27(21)23-13-17(6-9-20(23)28(36)37)32-33-30(40)31-24(29(38)39)12-16-4-2-1-3-5-16/h1-11,13-15,24,34H,12H2,(H,31,40)(H,36,37)(H,38,39)/b33-32+/t24-/m0/s1. The van der Waals surface area contributed by atoms with Gasteiger partial charge in [0, 0.05) is 35.1 Å². The molecule has 11 nitrogen and oxygen atoms in total. The molecule has 1 atom stereocenters. The number of nitrogens with one attached hydrogen (secondary N) is 1. The highest BCUT2D eigenvalue weighted by molar-refractivity contribution is 6.08. The first kappa shape index (κ1) is 26.8. The number of carboxylic acid groups (broad SMARTS) is 2. The molecule has 2 aliphatic rings. The predicted octanol–water partition coefficient (Wildman–Crippen LogP) is 5.46. The molecule has 0 fully saturated rings. The maximum atomic E-state index is 12.5. The molecule has 0 aromatic heterocycles. The van der Waals surface area contributed by atoms with Crippen molar-refractivity contribution in [2.24, 2.45) is 10.2 Å². The van der Waals surface area contributed by atoms with Crippen molar-refractivity contribution < 1.29 is 34.1 Å². The molecule has 204 valence electrons. The Morgan fingerprint density at radius 2 is 1.66 bits per heavy atom. The van der Waals surface area contributed by atoms with Gasteiger partial charge in [-0.25, -0.2) is 14.4 Å². The molecule has 3 aromatic rings. The number of phenolic OH excluding ortho intramolecular Hbond substituents is 1. The summed E-state index contributed by atoms with van der Waals surface area (Å²) in [7, 11) is 0. The normalized spacial score (nSPS) is 12.0. The number of aromatic hydroxyl groups is 1. The van der Waals surface area contributed by atoms with Gasteiger partial charge in [0.25, 0.3) is 0 Å². The topological polar surface area (TPSA) is 179 Å². The Hall–Kier alpha value is -5.84. The first-order chi connectivity index (χ1) is 19.7. The summed E-state index contributed by atoms with van der Waals surface area (Å²) in [6.45, 7) is 0. The number of carbonyl (C=O) groups excluding carboxylic acids is 1. The van der Waals surface area contributed by atoms with Crippen LogP contribution < -0.4 is 10.7 Å². The van der Waals surface area contributed by atoms with E-state index in [9.17, 15) is 34.5 Å². The van der Waals surface area contributed by atoms with Crippen LogP contribution in [0.15, 0.2) is 104 Å². The highest BCUT2D eigenvalue weighted by Gasteiger charge is 2.23. The third-order valence-electron chi connectivity index (χ3n) is 6.31. The van der Waals surface area contributed by atoms with E-state index in [0.717, 1.165) is 0 Å². The Bertz CT molecular complexity index is 1860. The summed E-state index contributed by atoms with van der Waals surface area (Å²) in [6, 6.07) is 19.0. The van der Waals surface area contributed by atoms with Crippen LogP contribution in [0.2, 0.25) is 0 Å². The fourth-order valence-corrected chi connectivity index (χ4v) is 4.47. The summed E-state index contributed by atoms with van der Waals surface area (Å²) >= 11 is 0. The minimum absolute atomic E-state index is 0.0364. The van der Waals surface area contributed by atoms with Crippen molar-refractivity contribution >= 4 is 34.6 Å². The van der Waals surface area contributed by atoms with Gasteiger partial charge in [0.2, 0.25) is 0 Å². The summed E-state index contributed by atoms with van der Waals surface area (Å²) < 4.78 is 5.83. The van der Waals surface area contributed by atoms with Crippen LogP contribution in [0.4, 0.5) is 10.5 Å². The SMILES string of the molecule is O=C(/N=N/c1ccc(C(=O)O)c(-c2c3ccc(=O)cc-3oc3cc(O)ccc23)c1)N[C@@H](Cc1ccccc1)C(=O)O. The van der Waals surface area contributed by atoms with Crippen LogP contribution in [-0.4, -0.2) is 39.3 Å². The molecular formula is C30H21N3O8. The van der Waals surface area contributed by atoms with E-state index in [0.29, 0.717) is 22.1 Å². The van der Waals surface area contributed by atoms with Crippen molar-refractivity contribution in [2.75, 3.05) is 0 Å². The Morgan fingerprint density at radius 1 is 0.878 bits per heavy atom. The lowest BCUT2D eigenvalue weighted by Crippen LogP contribution is -2.40. The van der Waals surface area contributed by atoms with Crippen molar-refractivity contribution in [3.8, 4) is 28.2 Å². The van der Waals surface area contributed by atoms with Crippen molar-refractivity contribution in [1.82, 2.24) is 5.32 Å².